The molecule has 1 saturated heterocycles. The van der Waals surface area contributed by atoms with Gasteiger partial charge in [-0.3, -0.25) is 9.59 Å². The van der Waals surface area contributed by atoms with E-state index in [9.17, 15) is 9.59 Å². The Morgan fingerprint density at radius 3 is 2.32 bits per heavy atom. The van der Waals surface area contributed by atoms with Crippen molar-refractivity contribution in [3.8, 4) is 17.2 Å². The monoisotopic (exact) mass is 350 g/mol. The van der Waals surface area contributed by atoms with Crippen LogP contribution in [-0.4, -0.2) is 51.1 Å². The number of carbonyl (C=O) groups excluding carboxylic acids is 2. The van der Waals surface area contributed by atoms with Crippen LogP contribution in [0.2, 0.25) is 0 Å². The van der Waals surface area contributed by atoms with Crippen LogP contribution in [0, 0.1) is 5.92 Å². The Kier molecular flexibility index (Phi) is 6.50. The van der Waals surface area contributed by atoms with E-state index in [4.69, 9.17) is 14.2 Å². The largest absolute Gasteiger partial charge is 0.493 e. The lowest BCUT2D eigenvalue weighted by molar-refractivity contribution is -0.134. The van der Waals surface area contributed by atoms with Crippen LogP contribution in [0.5, 0.6) is 17.2 Å². The molecule has 2 rings (SSSR count). The van der Waals surface area contributed by atoms with E-state index in [1.807, 2.05) is 12.1 Å². The molecule has 2 amide bonds. The van der Waals surface area contributed by atoms with Crippen molar-refractivity contribution in [2.45, 2.75) is 26.3 Å². The smallest absolute Gasteiger partial charge is 0.225 e. The second-order valence-corrected chi connectivity index (χ2v) is 6.06. The molecule has 7 heteroatoms. The lowest BCUT2D eigenvalue weighted by atomic mass is 9.97. The molecule has 1 aliphatic heterocycles. The number of nitrogens with zero attached hydrogens (tertiary/aromatic N) is 1. The van der Waals surface area contributed by atoms with Crippen molar-refractivity contribution in [2.75, 3.05) is 34.4 Å². The van der Waals surface area contributed by atoms with Crippen LogP contribution >= 0.6 is 0 Å². The van der Waals surface area contributed by atoms with E-state index in [1.165, 1.54) is 6.92 Å². The standard InChI is InChI=1S/C18H26N2O5/c1-12(21)20-7-5-6-14(11-20)18(22)19-10-13-8-15(23-2)17(25-4)16(9-13)24-3/h8-9,14H,5-7,10-11H2,1-4H3,(H,19,22)/t14-/m0/s1. The minimum atomic E-state index is -0.167. The quantitative estimate of drug-likeness (QED) is 0.843. The summed E-state index contributed by atoms with van der Waals surface area (Å²) in [6, 6.07) is 3.62. The van der Waals surface area contributed by atoms with Crippen molar-refractivity contribution in [3.05, 3.63) is 17.7 Å². The molecule has 0 aromatic heterocycles. The SMILES string of the molecule is COc1cc(CNC(=O)[C@H]2CCCN(C(C)=O)C2)cc(OC)c1OC. The maximum atomic E-state index is 12.4. The van der Waals surface area contributed by atoms with Gasteiger partial charge in [0, 0.05) is 26.6 Å². The Morgan fingerprint density at radius 2 is 1.80 bits per heavy atom. The highest BCUT2D eigenvalue weighted by Gasteiger charge is 2.26. The molecule has 1 heterocycles. The molecule has 0 radical (unpaired) electrons. The molecule has 1 aromatic carbocycles. The van der Waals surface area contributed by atoms with Gasteiger partial charge in [-0.2, -0.15) is 0 Å². The molecule has 0 saturated carbocycles. The van der Waals surface area contributed by atoms with E-state index in [1.54, 1.807) is 26.2 Å². The van der Waals surface area contributed by atoms with Gasteiger partial charge >= 0.3 is 0 Å². The van der Waals surface area contributed by atoms with Gasteiger partial charge in [0.25, 0.3) is 0 Å². The average Bonchev–Trinajstić information content (AvgIpc) is 2.64. The van der Waals surface area contributed by atoms with Gasteiger partial charge in [-0.25, -0.2) is 0 Å². The molecule has 1 N–H and O–H groups in total. The number of rotatable bonds is 6. The van der Waals surface area contributed by atoms with Crippen LogP contribution in [0.25, 0.3) is 0 Å². The maximum Gasteiger partial charge on any atom is 0.225 e. The van der Waals surface area contributed by atoms with Gasteiger partial charge < -0.3 is 24.4 Å². The number of methoxy groups -OCH3 is 3. The van der Waals surface area contributed by atoms with Gasteiger partial charge in [-0.1, -0.05) is 0 Å². The normalized spacial score (nSPS) is 17.0. The number of piperidine rings is 1. The number of nitrogens with one attached hydrogen (secondary N) is 1. The number of hydrogen-bond donors (Lipinski definition) is 1. The Balaban J connectivity index is 2.03. The first kappa shape index (κ1) is 18.9. The lowest BCUT2D eigenvalue weighted by Crippen LogP contribution is -2.44. The van der Waals surface area contributed by atoms with Crippen molar-refractivity contribution in [2.24, 2.45) is 5.92 Å². The molecule has 0 aliphatic carbocycles. The summed E-state index contributed by atoms with van der Waals surface area (Å²) in [5.74, 6) is 1.42. The lowest BCUT2D eigenvalue weighted by Gasteiger charge is -2.31. The topological polar surface area (TPSA) is 77.1 Å². The fourth-order valence-electron chi connectivity index (χ4n) is 3.05. The molecule has 1 fully saturated rings. The number of likely N-dealkylation sites (tertiary alicyclic amines) is 1. The predicted molar refractivity (Wildman–Crippen MR) is 92.9 cm³/mol. The maximum absolute atomic E-state index is 12.4. The van der Waals surface area contributed by atoms with Crippen LogP contribution in [0.15, 0.2) is 12.1 Å². The summed E-state index contributed by atoms with van der Waals surface area (Å²) in [6.07, 6.45) is 1.65. The molecular weight excluding hydrogens is 324 g/mol. The molecule has 1 atom stereocenters. The van der Waals surface area contributed by atoms with Crippen molar-refractivity contribution in [1.82, 2.24) is 10.2 Å². The Labute approximate surface area is 148 Å². The first-order valence-corrected chi connectivity index (χ1v) is 8.32. The molecule has 25 heavy (non-hydrogen) atoms. The third-order valence-corrected chi connectivity index (χ3v) is 4.43. The molecule has 0 spiro atoms. The van der Waals surface area contributed by atoms with Crippen LogP contribution in [0.1, 0.15) is 25.3 Å². The number of hydrogen-bond acceptors (Lipinski definition) is 5. The Hall–Kier alpha value is -2.44. The summed E-state index contributed by atoms with van der Waals surface area (Å²) in [4.78, 5) is 25.7. The van der Waals surface area contributed by atoms with E-state index in [2.05, 4.69) is 5.32 Å². The van der Waals surface area contributed by atoms with E-state index in [-0.39, 0.29) is 17.7 Å². The van der Waals surface area contributed by atoms with Crippen molar-refractivity contribution < 1.29 is 23.8 Å². The van der Waals surface area contributed by atoms with Gasteiger partial charge in [0.1, 0.15) is 0 Å². The zero-order valence-corrected chi connectivity index (χ0v) is 15.3. The Morgan fingerprint density at radius 1 is 1.16 bits per heavy atom. The van der Waals surface area contributed by atoms with Crippen LogP contribution in [0.4, 0.5) is 0 Å². The van der Waals surface area contributed by atoms with Gasteiger partial charge in [-0.15, -0.1) is 0 Å². The second kappa shape index (κ2) is 8.60. The molecule has 1 aromatic rings. The minimum absolute atomic E-state index is 0.0159. The summed E-state index contributed by atoms with van der Waals surface area (Å²) >= 11 is 0. The number of amides is 2. The number of ether oxygens (including phenoxy) is 3. The molecule has 1 aliphatic rings. The third-order valence-electron chi connectivity index (χ3n) is 4.43. The summed E-state index contributed by atoms with van der Waals surface area (Å²) in [5.41, 5.74) is 0.849. The Bertz CT molecular complexity index is 607. The summed E-state index contributed by atoms with van der Waals surface area (Å²) in [7, 11) is 4.65. The molecule has 138 valence electrons. The van der Waals surface area contributed by atoms with E-state index >= 15 is 0 Å². The average molecular weight is 350 g/mol. The first-order chi connectivity index (χ1) is 12.0. The summed E-state index contributed by atoms with van der Waals surface area (Å²) in [6.45, 7) is 3.10. The van der Waals surface area contributed by atoms with Gasteiger partial charge in [0.05, 0.1) is 27.2 Å². The van der Waals surface area contributed by atoms with Crippen LogP contribution in [0.3, 0.4) is 0 Å². The van der Waals surface area contributed by atoms with Crippen LogP contribution < -0.4 is 19.5 Å². The molecule has 7 nitrogen and oxygen atoms in total. The number of benzene rings is 1. The van der Waals surface area contributed by atoms with E-state index < -0.39 is 0 Å². The highest BCUT2D eigenvalue weighted by atomic mass is 16.5. The van der Waals surface area contributed by atoms with Crippen molar-refractivity contribution in [1.29, 1.82) is 0 Å². The van der Waals surface area contributed by atoms with Crippen LogP contribution in [-0.2, 0) is 16.1 Å². The highest BCUT2D eigenvalue weighted by molar-refractivity contribution is 5.80. The predicted octanol–water partition coefficient (Wildman–Crippen LogP) is 1.59. The number of carbonyl (C=O) groups is 2. The van der Waals surface area contributed by atoms with E-state index in [0.29, 0.717) is 30.3 Å². The molecule has 0 unspecified atom stereocenters. The zero-order chi connectivity index (χ0) is 18.4. The first-order valence-electron chi connectivity index (χ1n) is 8.32. The second-order valence-electron chi connectivity index (χ2n) is 6.06. The van der Waals surface area contributed by atoms with Gasteiger partial charge in [0.15, 0.2) is 11.5 Å². The zero-order valence-electron chi connectivity index (χ0n) is 15.3. The highest BCUT2D eigenvalue weighted by Crippen LogP contribution is 2.38. The molecule has 0 bridgehead atoms. The fraction of sp³-hybridized carbons (Fsp3) is 0.556. The van der Waals surface area contributed by atoms with E-state index in [0.717, 1.165) is 24.9 Å². The van der Waals surface area contributed by atoms with Crippen molar-refractivity contribution in [3.63, 3.8) is 0 Å². The molecular formula is C18H26N2O5. The third kappa shape index (κ3) is 4.55. The summed E-state index contributed by atoms with van der Waals surface area (Å²) in [5, 5.41) is 2.94. The van der Waals surface area contributed by atoms with Crippen molar-refractivity contribution >= 4 is 11.8 Å². The summed E-state index contributed by atoms with van der Waals surface area (Å²) < 4.78 is 15.9. The van der Waals surface area contributed by atoms with Gasteiger partial charge in [0.2, 0.25) is 17.6 Å². The fourth-order valence-corrected chi connectivity index (χ4v) is 3.05. The minimum Gasteiger partial charge on any atom is -0.493 e. The van der Waals surface area contributed by atoms with Gasteiger partial charge in [-0.05, 0) is 30.5 Å².